The largest absolute Gasteiger partial charge is 0.369 e. The zero-order valence-electron chi connectivity index (χ0n) is 13.4. The summed E-state index contributed by atoms with van der Waals surface area (Å²) in [6.07, 6.45) is 5.30. The summed E-state index contributed by atoms with van der Waals surface area (Å²) in [5.74, 6) is 0.845. The Morgan fingerprint density at radius 1 is 1.19 bits per heavy atom. The molecule has 3 heteroatoms. The van der Waals surface area contributed by atoms with Crippen LogP contribution in [0, 0.1) is 5.92 Å². The molecule has 21 heavy (non-hydrogen) atoms. The lowest BCUT2D eigenvalue weighted by Crippen LogP contribution is -2.32. The van der Waals surface area contributed by atoms with Crippen molar-refractivity contribution in [1.82, 2.24) is 5.32 Å². The lowest BCUT2D eigenvalue weighted by atomic mass is 9.89. The van der Waals surface area contributed by atoms with Gasteiger partial charge in [-0.05, 0) is 37.7 Å². The molecular formula is C18H28ClNO. The van der Waals surface area contributed by atoms with Crippen LogP contribution in [0.1, 0.15) is 58.1 Å². The molecule has 1 saturated carbocycles. The zero-order chi connectivity index (χ0) is 15.2. The van der Waals surface area contributed by atoms with E-state index in [2.05, 4.69) is 32.2 Å². The van der Waals surface area contributed by atoms with Crippen molar-refractivity contribution in [3.05, 3.63) is 34.9 Å². The molecule has 1 N–H and O–H groups in total. The predicted octanol–water partition coefficient (Wildman–Crippen LogP) is 4.97. The SMILES string of the molecule is CC1CCC(OC(CNC(C)C)c2ccccc2Cl)CC1. The van der Waals surface area contributed by atoms with E-state index in [-0.39, 0.29) is 6.10 Å². The van der Waals surface area contributed by atoms with Crippen molar-refractivity contribution >= 4 is 11.6 Å². The molecule has 2 nitrogen and oxygen atoms in total. The molecule has 1 aromatic rings. The molecule has 1 fully saturated rings. The van der Waals surface area contributed by atoms with Crippen LogP contribution in [0.3, 0.4) is 0 Å². The van der Waals surface area contributed by atoms with Crippen LogP contribution in [0.25, 0.3) is 0 Å². The van der Waals surface area contributed by atoms with E-state index >= 15 is 0 Å². The molecular weight excluding hydrogens is 282 g/mol. The van der Waals surface area contributed by atoms with Gasteiger partial charge in [-0.2, -0.15) is 0 Å². The summed E-state index contributed by atoms with van der Waals surface area (Å²) in [5.41, 5.74) is 1.10. The highest BCUT2D eigenvalue weighted by Gasteiger charge is 2.24. The maximum Gasteiger partial charge on any atom is 0.0967 e. The number of rotatable bonds is 6. The number of ether oxygens (including phenoxy) is 1. The van der Waals surface area contributed by atoms with E-state index in [0.29, 0.717) is 12.1 Å². The molecule has 0 aromatic heterocycles. The van der Waals surface area contributed by atoms with Crippen LogP contribution in [0.4, 0.5) is 0 Å². The van der Waals surface area contributed by atoms with Crippen molar-refractivity contribution in [3.8, 4) is 0 Å². The Hall–Kier alpha value is -0.570. The first kappa shape index (κ1) is 16.8. The van der Waals surface area contributed by atoms with Crippen LogP contribution in [-0.2, 0) is 4.74 Å². The first-order valence-corrected chi connectivity index (χ1v) is 8.57. The number of nitrogens with one attached hydrogen (secondary N) is 1. The summed E-state index contributed by atoms with van der Waals surface area (Å²) >= 11 is 6.37. The van der Waals surface area contributed by atoms with Gasteiger partial charge in [-0.15, -0.1) is 0 Å². The molecule has 0 spiro atoms. The van der Waals surface area contributed by atoms with E-state index in [9.17, 15) is 0 Å². The summed E-state index contributed by atoms with van der Waals surface area (Å²) in [5, 5.41) is 4.29. The summed E-state index contributed by atoms with van der Waals surface area (Å²) < 4.78 is 6.41. The molecule has 0 aliphatic heterocycles. The van der Waals surface area contributed by atoms with Crippen molar-refractivity contribution in [2.75, 3.05) is 6.54 Å². The second-order valence-corrected chi connectivity index (χ2v) is 7.00. The minimum Gasteiger partial charge on any atom is -0.369 e. The molecule has 0 bridgehead atoms. The van der Waals surface area contributed by atoms with Crippen LogP contribution in [0.2, 0.25) is 5.02 Å². The molecule has 2 rings (SSSR count). The second kappa shape index (κ2) is 8.17. The summed E-state index contributed by atoms with van der Waals surface area (Å²) in [6, 6.07) is 8.49. The van der Waals surface area contributed by atoms with Gasteiger partial charge >= 0.3 is 0 Å². The smallest absolute Gasteiger partial charge is 0.0967 e. The molecule has 1 aliphatic carbocycles. The van der Waals surface area contributed by atoms with Gasteiger partial charge in [-0.3, -0.25) is 0 Å². The summed E-state index contributed by atoms with van der Waals surface area (Å²) in [7, 11) is 0. The van der Waals surface area contributed by atoms with E-state index in [1.54, 1.807) is 0 Å². The average Bonchev–Trinajstić information content (AvgIpc) is 2.46. The first-order valence-electron chi connectivity index (χ1n) is 8.19. The Balaban J connectivity index is 2.03. The molecule has 1 atom stereocenters. The fourth-order valence-corrected chi connectivity index (χ4v) is 3.17. The highest BCUT2D eigenvalue weighted by molar-refractivity contribution is 6.31. The third-order valence-corrected chi connectivity index (χ3v) is 4.63. The Bertz CT molecular complexity index is 427. The van der Waals surface area contributed by atoms with Gasteiger partial charge in [0.2, 0.25) is 0 Å². The topological polar surface area (TPSA) is 21.3 Å². The van der Waals surface area contributed by atoms with Crippen LogP contribution in [0.5, 0.6) is 0 Å². The van der Waals surface area contributed by atoms with Crippen molar-refractivity contribution in [2.45, 2.75) is 64.7 Å². The van der Waals surface area contributed by atoms with E-state index < -0.39 is 0 Å². The van der Waals surface area contributed by atoms with Gasteiger partial charge in [0.15, 0.2) is 0 Å². The van der Waals surface area contributed by atoms with Gasteiger partial charge in [-0.25, -0.2) is 0 Å². The van der Waals surface area contributed by atoms with Crippen molar-refractivity contribution in [3.63, 3.8) is 0 Å². The third-order valence-electron chi connectivity index (χ3n) is 4.28. The molecule has 1 unspecified atom stereocenters. The van der Waals surface area contributed by atoms with Gasteiger partial charge in [0.25, 0.3) is 0 Å². The van der Waals surface area contributed by atoms with Gasteiger partial charge in [0.1, 0.15) is 0 Å². The van der Waals surface area contributed by atoms with Gasteiger partial charge < -0.3 is 10.1 Å². The average molecular weight is 310 g/mol. The molecule has 0 saturated heterocycles. The van der Waals surface area contributed by atoms with Crippen molar-refractivity contribution in [1.29, 1.82) is 0 Å². The van der Waals surface area contributed by atoms with Crippen LogP contribution < -0.4 is 5.32 Å². The van der Waals surface area contributed by atoms with Gasteiger partial charge in [0, 0.05) is 23.2 Å². The Morgan fingerprint density at radius 2 is 1.86 bits per heavy atom. The Morgan fingerprint density at radius 3 is 2.48 bits per heavy atom. The van der Waals surface area contributed by atoms with E-state index in [0.717, 1.165) is 23.0 Å². The van der Waals surface area contributed by atoms with Crippen molar-refractivity contribution < 1.29 is 4.74 Å². The quantitative estimate of drug-likeness (QED) is 0.800. The Labute approximate surface area is 134 Å². The maximum absolute atomic E-state index is 6.41. The van der Waals surface area contributed by atoms with Crippen molar-refractivity contribution in [2.24, 2.45) is 5.92 Å². The molecule has 1 aromatic carbocycles. The number of benzene rings is 1. The standard InChI is InChI=1S/C18H28ClNO/c1-13(2)20-12-18(16-6-4-5-7-17(16)19)21-15-10-8-14(3)9-11-15/h4-7,13-15,18,20H,8-12H2,1-3H3. The molecule has 0 heterocycles. The third kappa shape index (κ3) is 5.28. The lowest BCUT2D eigenvalue weighted by molar-refractivity contribution is -0.0368. The first-order chi connectivity index (χ1) is 10.1. The fraction of sp³-hybridized carbons (Fsp3) is 0.667. The summed E-state index contributed by atoms with van der Waals surface area (Å²) in [4.78, 5) is 0. The second-order valence-electron chi connectivity index (χ2n) is 6.59. The minimum absolute atomic E-state index is 0.0412. The number of halogens is 1. The predicted molar refractivity (Wildman–Crippen MR) is 89.8 cm³/mol. The van der Waals surface area contributed by atoms with Crippen LogP contribution >= 0.6 is 11.6 Å². The molecule has 0 amide bonds. The highest BCUT2D eigenvalue weighted by Crippen LogP contribution is 2.32. The number of hydrogen-bond acceptors (Lipinski definition) is 2. The monoisotopic (exact) mass is 309 g/mol. The molecule has 118 valence electrons. The van der Waals surface area contributed by atoms with Crippen LogP contribution in [-0.4, -0.2) is 18.7 Å². The lowest BCUT2D eigenvalue weighted by Gasteiger charge is -2.31. The van der Waals surface area contributed by atoms with E-state index in [1.165, 1.54) is 25.7 Å². The molecule has 0 radical (unpaired) electrons. The summed E-state index contributed by atoms with van der Waals surface area (Å²) in [6.45, 7) is 7.47. The fourth-order valence-electron chi connectivity index (χ4n) is 2.91. The van der Waals surface area contributed by atoms with E-state index in [4.69, 9.17) is 16.3 Å². The van der Waals surface area contributed by atoms with Gasteiger partial charge in [-0.1, -0.05) is 50.6 Å². The maximum atomic E-state index is 6.41. The van der Waals surface area contributed by atoms with Gasteiger partial charge in [0.05, 0.1) is 12.2 Å². The normalized spacial score (nSPS) is 24.2. The van der Waals surface area contributed by atoms with Crippen LogP contribution in [0.15, 0.2) is 24.3 Å². The zero-order valence-corrected chi connectivity index (χ0v) is 14.2. The highest BCUT2D eigenvalue weighted by atomic mass is 35.5. The molecule has 1 aliphatic rings. The minimum atomic E-state index is 0.0412. The Kier molecular flexibility index (Phi) is 6.53. The number of hydrogen-bond donors (Lipinski definition) is 1. The van der Waals surface area contributed by atoms with E-state index in [1.807, 2.05) is 18.2 Å².